The van der Waals surface area contributed by atoms with E-state index in [1.54, 1.807) is 6.07 Å². The van der Waals surface area contributed by atoms with Crippen LogP contribution in [0.4, 0.5) is 29.2 Å². The summed E-state index contributed by atoms with van der Waals surface area (Å²) in [4.78, 5) is 7.62. The Morgan fingerprint density at radius 1 is 1.27 bits per heavy atom. The summed E-state index contributed by atoms with van der Waals surface area (Å²) in [5.74, 6) is -0.616. The predicted molar refractivity (Wildman–Crippen MR) is 84.8 cm³/mol. The number of halogens is 4. The average Bonchev–Trinajstić information content (AvgIpc) is 2.63. The van der Waals surface area contributed by atoms with Crippen molar-refractivity contribution in [2.75, 3.05) is 31.6 Å². The molecule has 0 amide bonds. The van der Waals surface area contributed by atoms with Crippen LogP contribution in [0.3, 0.4) is 0 Å². The van der Waals surface area contributed by atoms with Gasteiger partial charge < -0.3 is 20.1 Å². The lowest BCUT2D eigenvalue weighted by Crippen LogP contribution is -2.33. The van der Waals surface area contributed by atoms with Gasteiger partial charge in [0.15, 0.2) is 12.4 Å². The summed E-state index contributed by atoms with van der Waals surface area (Å²) in [5, 5.41) is 5.84. The van der Waals surface area contributed by atoms with Crippen LogP contribution in [0.1, 0.15) is 11.7 Å². The zero-order valence-corrected chi connectivity index (χ0v) is 13.5. The van der Waals surface area contributed by atoms with Crippen molar-refractivity contribution in [2.45, 2.75) is 12.3 Å². The Kier molecular flexibility index (Phi) is 5.52. The van der Waals surface area contributed by atoms with E-state index in [0.29, 0.717) is 18.7 Å². The maximum Gasteiger partial charge on any atom is 0.422 e. The maximum absolute atomic E-state index is 14.3. The standard InChI is InChI=1S/C16H16F4N4O2/c17-12-5-10(14-8-21-3-4-25-14)1-2-13(12)24-15-22-6-11(7-23-15)26-9-16(18,19)20/h1-2,5-7,14,21H,3-4,8-9H2,(H,22,23,24). The zero-order chi connectivity index (χ0) is 18.6. The molecule has 1 atom stereocenters. The Labute approximate surface area is 146 Å². The maximum atomic E-state index is 14.3. The Morgan fingerprint density at radius 3 is 2.65 bits per heavy atom. The average molecular weight is 372 g/mol. The van der Waals surface area contributed by atoms with E-state index in [1.807, 2.05) is 0 Å². The molecule has 2 aromatic rings. The van der Waals surface area contributed by atoms with Crippen molar-refractivity contribution in [3.63, 3.8) is 0 Å². The van der Waals surface area contributed by atoms with E-state index in [4.69, 9.17) is 4.74 Å². The molecule has 1 fully saturated rings. The lowest BCUT2D eigenvalue weighted by molar-refractivity contribution is -0.153. The number of hydrogen-bond donors (Lipinski definition) is 2. The molecule has 26 heavy (non-hydrogen) atoms. The molecule has 0 saturated carbocycles. The number of anilines is 2. The first-order valence-electron chi connectivity index (χ1n) is 7.81. The molecular formula is C16H16F4N4O2. The topological polar surface area (TPSA) is 68.3 Å². The fraction of sp³-hybridized carbons (Fsp3) is 0.375. The molecule has 2 heterocycles. The Bertz CT molecular complexity index is 734. The van der Waals surface area contributed by atoms with Gasteiger partial charge in [0.2, 0.25) is 5.95 Å². The van der Waals surface area contributed by atoms with Gasteiger partial charge in [-0.15, -0.1) is 0 Å². The number of hydrogen-bond acceptors (Lipinski definition) is 6. The van der Waals surface area contributed by atoms with Crippen LogP contribution in [0.5, 0.6) is 5.75 Å². The largest absolute Gasteiger partial charge is 0.481 e. The minimum atomic E-state index is -4.45. The van der Waals surface area contributed by atoms with Gasteiger partial charge in [0.25, 0.3) is 0 Å². The van der Waals surface area contributed by atoms with E-state index in [9.17, 15) is 17.6 Å². The lowest BCUT2D eigenvalue weighted by atomic mass is 10.1. The Morgan fingerprint density at radius 2 is 2.04 bits per heavy atom. The third-order valence-electron chi connectivity index (χ3n) is 3.57. The molecule has 0 aliphatic carbocycles. The van der Waals surface area contributed by atoms with Crippen molar-refractivity contribution in [2.24, 2.45) is 0 Å². The van der Waals surface area contributed by atoms with Crippen LogP contribution in [-0.2, 0) is 4.74 Å². The van der Waals surface area contributed by atoms with Gasteiger partial charge in [-0.3, -0.25) is 0 Å². The second-order valence-electron chi connectivity index (χ2n) is 5.57. The fourth-order valence-corrected chi connectivity index (χ4v) is 2.35. The summed E-state index contributed by atoms with van der Waals surface area (Å²) in [5.41, 5.74) is 0.846. The van der Waals surface area contributed by atoms with Crippen molar-refractivity contribution in [1.29, 1.82) is 0 Å². The minimum Gasteiger partial charge on any atom is -0.481 e. The molecule has 6 nitrogen and oxygen atoms in total. The molecule has 1 aliphatic rings. The summed E-state index contributed by atoms with van der Waals surface area (Å²) in [7, 11) is 0. The van der Waals surface area contributed by atoms with E-state index in [2.05, 4.69) is 25.3 Å². The highest BCUT2D eigenvalue weighted by atomic mass is 19.4. The first-order valence-corrected chi connectivity index (χ1v) is 7.81. The molecule has 3 rings (SSSR count). The highest BCUT2D eigenvalue weighted by molar-refractivity contribution is 5.55. The summed E-state index contributed by atoms with van der Waals surface area (Å²) >= 11 is 0. The van der Waals surface area contributed by atoms with E-state index in [-0.39, 0.29) is 23.5 Å². The first-order chi connectivity index (χ1) is 12.4. The van der Waals surface area contributed by atoms with Crippen LogP contribution < -0.4 is 15.4 Å². The van der Waals surface area contributed by atoms with Gasteiger partial charge in [0.1, 0.15) is 5.82 Å². The Balaban J connectivity index is 1.63. The number of ether oxygens (including phenoxy) is 2. The van der Waals surface area contributed by atoms with Crippen molar-refractivity contribution >= 4 is 11.6 Å². The van der Waals surface area contributed by atoms with Crippen LogP contribution >= 0.6 is 0 Å². The fourth-order valence-electron chi connectivity index (χ4n) is 2.35. The second kappa shape index (κ2) is 7.83. The lowest BCUT2D eigenvalue weighted by Gasteiger charge is -2.24. The summed E-state index contributed by atoms with van der Waals surface area (Å²) in [6, 6.07) is 4.62. The number of nitrogens with zero attached hydrogens (tertiary/aromatic N) is 2. The van der Waals surface area contributed by atoms with Crippen LogP contribution in [0.2, 0.25) is 0 Å². The van der Waals surface area contributed by atoms with Crippen molar-refractivity contribution in [3.05, 3.63) is 42.0 Å². The van der Waals surface area contributed by atoms with E-state index in [0.717, 1.165) is 18.9 Å². The summed E-state index contributed by atoms with van der Waals surface area (Å²) in [6.07, 6.45) is -2.50. The van der Waals surface area contributed by atoms with Gasteiger partial charge in [0.05, 0.1) is 30.8 Å². The van der Waals surface area contributed by atoms with Gasteiger partial charge in [0, 0.05) is 13.1 Å². The predicted octanol–water partition coefficient (Wildman–Crippen LogP) is 2.96. The van der Waals surface area contributed by atoms with Gasteiger partial charge in [-0.2, -0.15) is 13.2 Å². The number of aromatic nitrogens is 2. The van der Waals surface area contributed by atoms with Gasteiger partial charge >= 0.3 is 6.18 Å². The molecule has 0 bridgehead atoms. The molecule has 0 spiro atoms. The monoisotopic (exact) mass is 372 g/mol. The molecular weight excluding hydrogens is 356 g/mol. The molecule has 0 radical (unpaired) electrons. The SMILES string of the molecule is Fc1cc(C2CNCCO2)ccc1Nc1ncc(OCC(F)(F)F)cn1. The Hall–Kier alpha value is -2.46. The van der Waals surface area contributed by atoms with E-state index in [1.165, 1.54) is 12.1 Å². The molecule has 10 heteroatoms. The van der Waals surface area contributed by atoms with Gasteiger partial charge in [-0.25, -0.2) is 14.4 Å². The molecule has 1 aliphatic heterocycles. The normalized spacial score (nSPS) is 17.8. The quantitative estimate of drug-likeness (QED) is 0.787. The van der Waals surface area contributed by atoms with Crippen LogP contribution in [0.15, 0.2) is 30.6 Å². The van der Waals surface area contributed by atoms with Crippen molar-refractivity contribution in [1.82, 2.24) is 15.3 Å². The number of morpholine rings is 1. The molecule has 1 aromatic carbocycles. The molecule has 1 saturated heterocycles. The van der Waals surface area contributed by atoms with Gasteiger partial charge in [-0.1, -0.05) is 6.07 Å². The molecule has 1 aromatic heterocycles. The van der Waals surface area contributed by atoms with Crippen LogP contribution in [0.25, 0.3) is 0 Å². The first kappa shape index (κ1) is 18.3. The number of alkyl halides is 3. The molecule has 2 N–H and O–H groups in total. The van der Waals surface area contributed by atoms with Crippen molar-refractivity contribution < 1.29 is 27.0 Å². The smallest absolute Gasteiger partial charge is 0.422 e. The second-order valence-corrected chi connectivity index (χ2v) is 5.57. The third kappa shape index (κ3) is 5.02. The van der Waals surface area contributed by atoms with Crippen LogP contribution in [0, 0.1) is 5.82 Å². The molecule has 140 valence electrons. The summed E-state index contributed by atoms with van der Waals surface area (Å²) < 4.78 is 60.6. The van der Waals surface area contributed by atoms with E-state index < -0.39 is 18.6 Å². The van der Waals surface area contributed by atoms with Gasteiger partial charge in [-0.05, 0) is 17.7 Å². The molecule has 1 unspecified atom stereocenters. The zero-order valence-electron chi connectivity index (χ0n) is 13.5. The van der Waals surface area contributed by atoms with Crippen LogP contribution in [-0.4, -0.2) is 42.4 Å². The van der Waals surface area contributed by atoms with Crippen molar-refractivity contribution in [3.8, 4) is 5.75 Å². The summed E-state index contributed by atoms with van der Waals surface area (Å²) in [6.45, 7) is 0.494. The highest BCUT2D eigenvalue weighted by Crippen LogP contribution is 2.25. The van der Waals surface area contributed by atoms with E-state index >= 15 is 0 Å². The minimum absolute atomic E-state index is 0.0339. The highest BCUT2D eigenvalue weighted by Gasteiger charge is 2.28. The number of rotatable bonds is 5. The third-order valence-corrected chi connectivity index (χ3v) is 3.57. The number of nitrogens with one attached hydrogen (secondary N) is 2. The number of benzene rings is 1.